The third-order valence-corrected chi connectivity index (χ3v) is 4.11. The molecule has 134 valence electrons. The van der Waals surface area contributed by atoms with Crippen molar-refractivity contribution in [2.24, 2.45) is 0 Å². The summed E-state index contributed by atoms with van der Waals surface area (Å²) in [6, 6.07) is 4.09. The van der Waals surface area contributed by atoms with Crippen LogP contribution in [-0.2, 0) is 6.18 Å². The number of benzene rings is 1. The van der Waals surface area contributed by atoms with Crippen molar-refractivity contribution in [1.29, 1.82) is 0 Å². The maximum absolute atomic E-state index is 13.6. The summed E-state index contributed by atoms with van der Waals surface area (Å²) < 4.78 is 54.2. The van der Waals surface area contributed by atoms with E-state index in [4.69, 9.17) is 0 Å². The third-order valence-electron chi connectivity index (χ3n) is 4.11. The van der Waals surface area contributed by atoms with E-state index in [9.17, 15) is 22.4 Å². The number of hydrogen-bond acceptors (Lipinski definition) is 4. The highest BCUT2D eigenvalue weighted by molar-refractivity contribution is 5.93. The molecule has 3 rings (SSSR count). The molecule has 1 aromatic heterocycles. The lowest BCUT2D eigenvalue weighted by Crippen LogP contribution is -2.39. The second-order valence-electron chi connectivity index (χ2n) is 5.74. The van der Waals surface area contributed by atoms with E-state index in [0.29, 0.717) is 24.2 Å². The van der Waals surface area contributed by atoms with Crippen LogP contribution in [0.2, 0.25) is 0 Å². The number of halogens is 4. The second kappa shape index (κ2) is 6.43. The van der Waals surface area contributed by atoms with Crippen molar-refractivity contribution in [2.75, 3.05) is 20.1 Å². The first kappa shape index (κ1) is 17.3. The average Bonchev–Trinajstić information content (AvgIpc) is 3.23. The van der Waals surface area contributed by atoms with Crippen molar-refractivity contribution < 1.29 is 22.4 Å². The fraction of sp³-hybridized carbons (Fsp3) is 0.400. The summed E-state index contributed by atoms with van der Waals surface area (Å²) in [6.45, 7) is 1.20. The quantitative estimate of drug-likeness (QED) is 0.852. The van der Waals surface area contributed by atoms with E-state index in [0.717, 1.165) is 24.3 Å². The fourth-order valence-electron chi connectivity index (χ4n) is 2.75. The lowest BCUT2D eigenvalue weighted by Gasteiger charge is -2.23. The predicted octanol–water partition coefficient (Wildman–Crippen LogP) is 1.86. The SMILES string of the molecule is CN(C(=O)c1nnn(-c2ccc(F)cc2)c1C(F)(F)F)[C@@H]1CCNC1. The molecule has 1 saturated heterocycles. The zero-order valence-electron chi connectivity index (χ0n) is 13.2. The molecule has 0 aliphatic carbocycles. The smallest absolute Gasteiger partial charge is 0.336 e. The Labute approximate surface area is 140 Å². The molecule has 1 fully saturated rings. The summed E-state index contributed by atoms with van der Waals surface area (Å²) in [6.07, 6.45) is -4.20. The topological polar surface area (TPSA) is 63.1 Å². The number of carbonyl (C=O) groups excluding carboxylic acids is 1. The molecule has 1 N–H and O–H groups in total. The Morgan fingerprint density at radius 1 is 1.32 bits per heavy atom. The average molecular weight is 357 g/mol. The maximum Gasteiger partial charge on any atom is 0.435 e. The molecule has 1 amide bonds. The van der Waals surface area contributed by atoms with Crippen molar-refractivity contribution >= 4 is 5.91 Å². The standard InChI is InChI=1S/C15H15F4N5O/c1-23(11-6-7-20-8-11)14(25)12-13(15(17,18)19)24(22-21-12)10-4-2-9(16)3-5-10/h2-5,11,20H,6-8H2,1H3/t11-/m1/s1. The number of amides is 1. The highest BCUT2D eigenvalue weighted by atomic mass is 19.4. The second-order valence-corrected chi connectivity index (χ2v) is 5.74. The number of likely N-dealkylation sites (N-methyl/N-ethyl adjacent to an activating group) is 1. The van der Waals surface area contributed by atoms with Crippen LogP contribution in [0.25, 0.3) is 5.69 Å². The zero-order valence-corrected chi connectivity index (χ0v) is 13.2. The van der Waals surface area contributed by atoms with Gasteiger partial charge in [0.25, 0.3) is 5.91 Å². The van der Waals surface area contributed by atoms with Gasteiger partial charge in [-0.05, 0) is 37.2 Å². The number of nitrogens with zero attached hydrogens (tertiary/aromatic N) is 4. The van der Waals surface area contributed by atoms with Gasteiger partial charge in [-0.25, -0.2) is 9.07 Å². The molecule has 1 aliphatic rings. The first-order valence-corrected chi connectivity index (χ1v) is 7.55. The molecule has 1 aromatic carbocycles. The Hall–Kier alpha value is -2.49. The van der Waals surface area contributed by atoms with Gasteiger partial charge in [-0.3, -0.25) is 4.79 Å². The van der Waals surface area contributed by atoms with Gasteiger partial charge >= 0.3 is 6.18 Å². The summed E-state index contributed by atoms with van der Waals surface area (Å²) in [4.78, 5) is 13.8. The van der Waals surface area contributed by atoms with Gasteiger partial charge in [0, 0.05) is 19.6 Å². The highest BCUT2D eigenvalue weighted by Crippen LogP contribution is 2.33. The lowest BCUT2D eigenvalue weighted by molar-refractivity contribution is -0.143. The van der Waals surface area contributed by atoms with Gasteiger partial charge in [0.05, 0.1) is 5.69 Å². The van der Waals surface area contributed by atoms with Crippen LogP contribution in [0.5, 0.6) is 0 Å². The Bertz CT molecular complexity index is 765. The molecule has 1 atom stereocenters. The van der Waals surface area contributed by atoms with Crippen molar-refractivity contribution in [1.82, 2.24) is 25.2 Å². The molecule has 0 spiro atoms. The Balaban J connectivity index is 2.02. The lowest BCUT2D eigenvalue weighted by atomic mass is 10.2. The molecular weight excluding hydrogens is 342 g/mol. The minimum Gasteiger partial charge on any atom is -0.336 e. The first-order valence-electron chi connectivity index (χ1n) is 7.55. The van der Waals surface area contributed by atoms with E-state index in [2.05, 4.69) is 15.6 Å². The number of aromatic nitrogens is 3. The molecule has 1 aliphatic heterocycles. The summed E-state index contributed by atoms with van der Waals surface area (Å²) >= 11 is 0. The number of nitrogens with one attached hydrogen (secondary N) is 1. The van der Waals surface area contributed by atoms with Gasteiger partial charge in [0.15, 0.2) is 11.4 Å². The Kier molecular flexibility index (Phi) is 4.46. The molecule has 0 saturated carbocycles. The minimum absolute atomic E-state index is 0.0366. The van der Waals surface area contributed by atoms with Crippen LogP contribution in [0.1, 0.15) is 22.6 Å². The van der Waals surface area contributed by atoms with Gasteiger partial charge in [-0.2, -0.15) is 13.2 Å². The van der Waals surface area contributed by atoms with Gasteiger partial charge in [0.1, 0.15) is 5.82 Å². The van der Waals surface area contributed by atoms with Crippen LogP contribution in [0.4, 0.5) is 17.6 Å². The summed E-state index contributed by atoms with van der Waals surface area (Å²) in [5.74, 6) is -1.45. The van der Waals surface area contributed by atoms with Crippen molar-refractivity contribution in [3.05, 3.63) is 41.5 Å². The van der Waals surface area contributed by atoms with Gasteiger partial charge < -0.3 is 10.2 Å². The first-order chi connectivity index (χ1) is 11.8. The normalized spacial score (nSPS) is 17.7. The van der Waals surface area contributed by atoms with E-state index in [-0.39, 0.29) is 11.7 Å². The number of hydrogen-bond donors (Lipinski definition) is 1. The van der Waals surface area contributed by atoms with E-state index in [1.165, 1.54) is 11.9 Å². The van der Waals surface area contributed by atoms with E-state index >= 15 is 0 Å². The molecule has 2 aromatic rings. The van der Waals surface area contributed by atoms with Crippen LogP contribution in [0.3, 0.4) is 0 Å². The molecule has 2 heterocycles. The molecule has 6 nitrogen and oxygen atoms in total. The third kappa shape index (κ3) is 3.34. The fourth-order valence-corrected chi connectivity index (χ4v) is 2.75. The van der Waals surface area contributed by atoms with Gasteiger partial charge in [0.2, 0.25) is 0 Å². The van der Waals surface area contributed by atoms with Crippen LogP contribution in [-0.4, -0.2) is 52.0 Å². The molecule has 0 unspecified atom stereocenters. The number of carbonyl (C=O) groups is 1. The van der Waals surface area contributed by atoms with Crippen molar-refractivity contribution in [2.45, 2.75) is 18.6 Å². The van der Waals surface area contributed by atoms with E-state index in [1.54, 1.807) is 0 Å². The molecule has 25 heavy (non-hydrogen) atoms. The predicted molar refractivity (Wildman–Crippen MR) is 79.7 cm³/mol. The molecule has 10 heteroatoms. The maximum atomic E-state index is 13.6. The zero-order chi connectivity index (χ0) is 18.2. The summed E-state index contributed by atoms with van der Waals surface area (Å²) in [5, 5.41) is 9.98. The monoisotopic (exact) mass is 357 g/mol. The van der Waals surface area contributed by atoms with E-state index < -0.39 is 29.3 Å². The minimum atomic E-state index is -4.85. The van der Waals surface area contributed by atoms with Crippen molar-refractivity contribution in [3.63, 3.8) is 0 Å². The molecular formula is C15H15F4N5O. The van der Waals surface area contributed by atoms with Crippen LogP contribution in [0.15, 0.2) is 24.3 Å². The van der Waals surface area contributed by atoms with Crippen LogP contribution < -0.4 is 5.32 Å². The van der Waals surface area contributed by atoms with Crippen LogP contribution in [0, 0.1) is 5.82 Å². The largest absolute Gasteiger partial charge is 0.435 e. The Morgan fingerprint density at radius 3 is 2.56 bits per heavy atom. The highest BCUT2D eigenvalue weighted by Gasteiger charge is 2.43. The number of rotatable bonds is 3. The van der Waals surface area contributed by atoms with Gasteiger partial charge in [-0.15, -0.1) is 5.10 Å². The van der Waals surface area contributed by atoms with Gasteiger partial charge in [-0.1, -0.05) is 5.21 Å². The van der Waals surface area contributed by atoms with E-state index in [1.807, 2.05) is 0 Å². The summed E-state index contributed by atoms with van der Waals surface area (Å²) in [5.41, 5.74) is -2.08. The van der Waals surface area contributed by atoms with Crippen LogP contribution >= 0.6 is 0 Å². The summed E-state index contributed by atoms with van der Waals surface area (Å²) in [7, 11) is 1.44. The number of alkyl halides is 3. The van der Waals surface area contributed by atoms with Crippen molar-refractivity contribution in [3.8, 4) is 5.69 Å². The Morgan fingerprint density at radius 2 is 2.00 bits per heavy atom. The molecule has 0 radical (unpaired) electrons. The molecule has 0 bridgehead atoms.